The van der Waals surface area contributed by atoms with Gasteiger partial charge >= 0.3 is 0 Å². The van der Waals surface area contributed by atoms with Crippen molar-refractivity contribution in [1.82, 2.24) is 0 Å². The van der Waals surface area contributed by atoms with E-state index in [9.17, 15) is 0 Å². The highest BCUT2D eigenvalue weighted by molar-refractivity contribution is 6.35. The van der Waals surface area contributed by atoms with Crippen LogP contribution in [0.1, 0.15) is 81.3 Å². The standard InChI is InChI=1S/C46H42Cl2/c1-28-32(22-34(47)26-40(28)48)23-38-43-36-27-39(45(2,3)4)35(29-16-10-8-11-17-29)24-33(36)25-37(43)41(30-20-14-15-21-30)42(44(38)46(5,6)7)31-18-12-9-13-19-31/h8-20,22-27H,21H2,1-7H3. The normalized spacial score (nSPS) is 14.2. The zero-order valence-corrected chi connectivity index (χ0v) is 30.4. The summed E-state index contributed by atoms with van der Waals surface area (Å²) in [6.07, 6.45) is 12.5. The van der Waals surface area contributed by atoms with E-state index in [1.807, 2.05) is 6.07 Å². The van der Waals surface area contributed by atoms with Crippen LogP contribution in [-0.2, 0) is 10.8 Å². The van der Waals surface area contributed by atoms with E-state index in [1.54, 1.807) is 0 Å². The summed E-state index contributed by atoms with van der Waals surface area (Å²) in [7, 11) is 0. The molecule has 0 aliphatic heterocycles. The molecule has 2 heteroatoms. The second-order valence-corrected chi connectivity index (χ2v) is 16.1. The Morgan fingerprint density at radius 1 is 0.729 bits per heavy atom. The average Bonchev–Trinajstić information content (AvgIpc) is 3.71. The lowest BCUT2D eigenvalue weighted by atomic mass is 9.75. The number of benzene rings is 5. The molecule has 240 valence electrons. The third-order valence-corrected chi connectivity index (χ3v) is 10.4. The molecule has 2 aliphatic carbocycles. The van der Waals surface area contributed by atoms with Gasteiger partial charge in [-0.1, -0.05) is 144 Å². The van der Waals surface area contributed by atoms with E-state index in [1.165, 1.54) is 71.0 Å². The molecule has 2 aliphatic rings. The SMILES string of the molecule is Cc1c(Cl)cc(Cl)cc1C=c1c(C(C)(C)C)c(-c2ccccc2)c(C2=CC=CC2)c2c1=c1cc(C(C)(C)C)c(-c3ccccc3)cc1=C2. The van der Waals surface area contributed by atoms with Crippen molar-refractivity contribution in [2.45, 2.75) is 65.7 Å². The minimum atomic E-state index is -0.191. The van der Waals surface area contributed by atoms with Gasteiger partial charge in [-0.25, -0.2) is 0 Å². The van der Waals surface area contributed by atoms with Crippen LogP contribution in [-0.4, -0.2) is 0 Å². The van der Waals surface area contributed by atoms with Crippen LogP contribution in [0.15, 0.2) is 103 Å². The van der Waals surface area contributed by atoms with Crippen molar-refractivity contribution in [1.29, 1.82) is 0 Å². The Bertz CT molecular complexity index is 2380. The Kier molecular flexibility index (Phi) is 8.18. The van der Waals surface area contributed by atoms with E-state index in [0.29, 0.717) is 10.0 Å². The van der Waals surface area contributed by atoms with Gasteiger partial charge in [-0.15, -0.1) is 0 Å². The molecule has 0 unspecified atom stereocenters. The first-order valence-corrected chi connectivity index (χ1v) is 17.6. The lowest BCUT2D eigenvalue weighted by Gasteiger charge is -2.29. The van der Waals surface area contributed by atoms with Crippen LogP contribution in [0, 0.1) is 17.4 Å². The molecule has 0 bridgehead atoms. The van der Waals surface area contributed by atoms with Gasteiger partial charge in [-0.3, -0.25) is 0 Å². The van der Waals surface area contributed by atoms with Gasteiger partial charge in [0.15, 0.2) is 0 Å². The maximum atomic E-state index is 6.77. The minimum Gasteiger partial charge on any atom is -0.0843 e. The maximum absolute atomic E-state index is 6.77. The zero-order valence-electron chi connectivity index (χ0n) is 28.9. The van der Waals surface area contributed by atoms with E-state index in [0.717, 1.165) is 17.5 Å². The Hall–Kier alpha value is -4.10. The predicted octanol–water partition coefficient (Wildman–Crippen LogP) is 11.8. The Labute approximate surface area is 295 Å². The van der Waals surface area contributed by atoms with Crippen molar-refractivity contribution in [3.63, 3.8) is 0 Å². The van der Waals surface area contributed by atoms with Crippen LogP contribution in [0.5, 0.6) is 0 Å². The van der Waals surface area contributed by atoms with Crippen molar-refractivity contribution < 1.29 is 0 Å². The van der Waals surface area contributed by atoms with Crippen molar-refractivity contribution in [3.05, 3.63) is 167 Å². The molecule has 7 rings (SSSR count). The molecule has 48 heavy (non-hydrogen) atoms. The third kappa shape index (κ3) is 5.70. The summed E-state index contributed by atoms with van der Waals surface area (Å²) in [5, 5.41) is 6.38. The Morgan fingerprint density at radius 2 is 1.40 bits per heavy atom. The summed E-state index contributed by atoms with van der Waals surface area (Å²) in [4.78, 5) is 0. The molecule has 5 aromatic carbocycles. The Morgan fingerprint density at radius 3 is 2.00 bits per heavy atom. The molecule has 0 amide bonds. The van der Waals surface area contributed by atoms with Crippen LogP contribution in [0.4, 0.5) is 0 Å². The van der Waals surface area contributed by atoms with Gasteiger partial charge in [0.05, 0.1) is 0 Å². The molecule has 0 aromatic heterocycles. The number of rotatable bonds is 4. The summed E-state index contributed by atoms with van der Waals surface area (Å²) >= 11 is 13.4. The third-order valence-electron chi connectivity index (χ3n) is 9.78. The van der Waals surface area contributed by atoms with Crippen LogP contribution in [0.2, 0.25) is 10.0 Å². The fourth-order valence-electron chi connectivity index (χ4n) is 7.56. The van der Waals surface area contributed by atoms with E-state index < -0.39 is 0 Å². The van der Waals surface area contributed by atoms with E-state index >= 15 is 0 Å². The molecule has 0 fully saturated rings. The fraction of sp³-hybridized carbons (Fsp3) is 0.217. The summed E-state index contributed by atoms with van der Waals surface area (Å²) in [5.41, 5.74) is 13.5. The molecular weight excluding hydrogens is 623 g/mol. The minimum absolute atomic E-state index is 0.0680. The molecule has 0 radical (unpaired) electrons. The van der Waals surface area contributed by atoms with Gasteiger partial charge < -0.3 is 0 Å². The quantitative estimate of drug-likeness (QED) is 0.176. The molecule has 0 heterocycles. The highest BCUT2D eigenvalue weighted by Gasteiger charge is 2.30. The van der Waals surface area contributed by atoms with E-state index in [-0.39, 0.29) is 10.8 Å². The maximum Gasteiger partial charge on any atom is 0.0455 e. The first-order chi connectivity index (χ1) is 22.8. The molecule has 0 saturated heterocycles. The molecular formula is C46H42Cl2. The molecule has 0 spiro atoms. The van der Waals surface area contributed by atoms with Gasteiger partial charge in [0.2, 0.25) is 0 Å². The summed E-state index contributed by atoms with van der Waals surface area (Å²) in [6, 6.07) is 30.6. The zero-order chi connectivity index (χ0) is 34.0. The van der Waals surface area contributed by atoms with Crippen LogP contribution >= 0.6 is 23.2 Å². The number of fused-ring (bicyclic) bond motifs is 2. The molecule has 0 N–H and O–H groups in total. The molecule has 0 saturated carbocycles. The van der Waals surface area contributed by atoms with Crippen LogP contribution < -0.4 is 10.4 Å². The topological polar surface area (TPSA) is 0 Å². The Balaban J connectivity index is 1.79. The number of halogens is 2. The van der Waals surface area contributed by atoms with E-state index in [2.05, 4.69) is 158 Å². The molecule has 5 aromatic rings. The van der Waals surface area contributed by atoms with Crippen molar-refractivity contribution >= 4 is 40.9 Å². The van der Waals surface area contributed by atoms with Crippen molar-refractivity contribution in [3.8, 4) is 22.3 Å². The summed E-state index contributed by atoms with van der Waals surface area (Å²) in [5.74, 6) is 0. The summed E-state index contributed by atoms with van der Waals surface area (Å²) in [6.45, 7) is 16.1. The van der Waals surface area contributed by atoms with Gasteiger partial charge in [0.25, 0.3) is 0 Å². The van der Waals surface area contributed by atoms with Crippen molar-refractivity contribution in [2.75, 3.05) is 0 Å². The number of hydrogen-bond donors (Lipinski definition) is 0. The van der Waals surface area contributed by atoms with E-state index in [4.69, 9.17) is 23.2 Å². The highest BCUT2D eigenvalue weighted by atomic mass is 35.5. The lowest BCUT2D eigenvalue weighted by Crippen LogP contribution is -2.28. The average molecular weight is 666 g/mol. The first-order valence-electron chi connectivity index (χ1n) is 16.9. The van der Waals surface area contributed by atoms with Crippen LogP contribution in [0.3, 0.4) is 0 Å². The second-order valence-electron chi connectivity index (χ2n) is 15.3. The van der Waals surface area contributed by atoms with Crippen molar-refractivity contribution in [2.24, 2.45) is 0 Å². The highest BCUT2D eigenvalue weighted by Crippen LogP contribution is 2.42. The largest absolute Gasteiger partial charge is 0.0843 e. The van der Waals surface area contributed by atoms with Gasteiger partial charge in [0.1, 0.15) is 0 Å². The number of hydrogen-bond acceptors (Lipinski definition) is 0. The van der Waals surface area contributed by atoms with Gasteiger partial charge in [-0.05, 0) is 143 Å². The molecule has 0 nitrogen and oxygen atoms in total. The second kappa shape index (κ2) is 12.1. The van der Waals surface area contributed by atoms with Gasteiger partial charge in [0, 0.05) is 10.0 Å². The number of allylic oxidation sites excluding steroid dienone is 4. The fourth-order valence-corrected chi connectivity index (χ4v) is 8.07. The van der Waals surface area contributed by atoms with Crippen LogP contribution in [0.25, 0.3) is 40.0 Å². The first kappa shape index (κ1) is 32.4. The smallest absolute Gasteiger partial charge is 0.0455 e. The monoisotopic (exact) mass is 664 g/mol. The predicted molar refractivity (Wildman–Crippen MR) is 208 cm³/mol. The summed E-state index contributed by atoms with van der Waals surface area (Å²) < 4.78 is 0. The molecule has 0 atom stereocenters. The lowest BCUT2D eigenvalue weighted by molar-refractivity contribution is 0.586. The van der Waals surface area contributed by atoms with Gasteiger partial charge in [-0.2, -0.15) is 0 Å².